The largest absolute Gasteiger partial charge is 0.476 e. The van der Waals surface area contributed by atoms with Crippen LogP contribution in [0.3, 0.4) is 0 Å². The molecule has 0 unspecified atom stereocenters. The molecule has 0 aliphatic heterocycles. The zero-order valence-electron chi connectivity index (χ0n) is 19.4. The Morgan fingerprint density at radius 3 is 2.73 bits per heavy atom. The summed E-state index contributed by atoms with van der Waals surface area (Å²) in [6, 6.07) is 4.42. The molecular formula is C23H30FN5O3S. The number of nitrogens with one attached hydrogen (secondary N) is 1. The maximum Gasteiger partial charge on any atom is 0.275 e. The molecular weight excluding hydrogens is 445 g/mol. The van der Waals surface area contributed by atoms with Crippen LogP contribution in [0.25, 0.3) is 0 Å². The standard InChI is InChI=1S/C23H30FN5O3S/c1-22(7-8-22)13-32-19-12-27-18(11-28-19)20(30)29-16-5-6-17(24)15(9-16)10-23(2,14-31-4)33-21(25)26-3/h5-6,9,11-12H,7-8,10,13-14H2,1-4H3,(H2,25,26)(H,29,30)/t23-/m1/s1. The molecule has 1 saturated carbocycles. The number of thioether (sulfide) groups is 1. The summed E-state index contributed by atoms with van der Waals surface area (Å²) in [6.07, 6.45) is 5.41. The molecule has 1 heterocycles. The van der Waals surface area contributed by atoms with E-state index in [1.54, 1.807) is 20.2 Å². The number of aliphatic imine (C=N–C) groups is 1. The number of anilines is 1. The van der Waals surface area contributed by atoms with Crippen molar-refractivity contribution in [1.29, 1.82) is 0 Å². The van der Waals surface area contributed by atoms with Gasteiger partial charge >= 0.3 is 0 Å². The molecule has 10 heteroatoms. The van der Waals surface area contributed by atoms with Crippen LogP contribution in [0.1, 0.15) is 42.7 Å². The molecule has 1 aromatic heterocycles. The van der Waals surface area contributed by atoms with Gasteiger partial charge in [-0.15, -0.1) is 0 Å². The van der Waals surface area contributed by atoms with E-state index < -0.39 is 10.7 Å². The van der Waals surface area contributed by atoms with Crippen LogP contribution in [0.2, 0.25) is 0 Å². The first-order chi connectivity index (χ1) is 15.6. The normalized spacial score (nSPS) is 16.7. The number of ether oxygens (including phenoxy) is 2. The average Bonchev–Trinajstić information content (AvgIpc) is 3.52. The van der Waals surface area contributed by atoms with Gasteiger partial charge in [-0.1, -0.05) is 18.7 Å². The molecule has 1 amide bonds. The molecule has 1 aliphatic rings. The summed E-state index contributed by atoms with van der Waals surface area (Å²) in [5.74, 6) is -0.445. The summed E-state index contributed by atoms with van der Waals surface area (Å²) in [4.78, 5) is 24.9. The molecule has 0 radical (unpaired) electrons. The molecule has 1 aliphatic carbocycles. The van der Waals surface area contributed by atoms with Crippen molar-refractivity contribution in [3.63, 3.8) is 0 Å². The number of hydrogen-bond acceptors (Lipinski definition) is 7. The van der Waals surface area contributed by atoms with Crippen LogP contribution >= 0.6 is 11.8 Å². The van der Waals surface area contributed by atoms with E-state index in [1.165, 1.54) is 36.3 Å². The van der Waals surface area contributed by atoms with Gasteiger partial charge in [-0.2, -0.15) is 0 Å². The number of methoxy groups -OCH3 is 1. The fourth-order valence-corrected chi connectivity index (χ4v) is 4.22. The predicted molar refractivity (Wildman–Crippen MR) is 128 cm³/mol. The predicted octanol–water partition coefficient (Wildman–Crippen LogP) is 3.67. The Kier molecular flexibility index (Phi) is 7.91. The molecule has 1 aromatic carbocycles. The van der Waals surface area contributed by atoms with Crippen molar-refractivity contribution in [3.05, 3.63) is 47.7 Å². The Morgan fingerprint density at radius 2 is 2.12 bits per heavy atom. The summed E-state index contributed by atoms with van der Waals surface area (Å²) in [6.45, 7) is 5.00. The smallest absolute Gasteiger partial charge is 0.275 e. The van der Waals surface area contributed by atoms with Gasteiger partial charge in [0, 0.05) is 30.0 Å². The molecule has 178 valence electrons. The molecule has 8 nitrogen and oxygen atoms in total. The Hall–Kier alpha value is -2.72. The highest BCUT2D eigenvalue weighted by Gasteiger charge is 2.38. The van der Waals surface area contributed by atoms with Crippen molar-refractivity contribution in [2.45, 2.75) is 37.9 Å². The van der Waals surface area contributed by atoms with E-state index in [4.69, 9.17) is 15.2 Å². The molecule has 2 aromatic rings. The van der Waals surface area contributed by atoms with Crippen LogP contribution in [0.5, 0.6) is 5.88 Å². The van der Waals surface area contributed by atoms with Crippen molar-refractivity contribution in [3.8, 4) is 5.88 Å². The van der Waals surface area contributed by atoms with Crippen molar-refractivity contribution in [2.75, 3.05) is 32.7 Å². The van der Waals surface area contributed by atoms with E-state index in [1.807, 2.05) is 6.92 Å². The zero-order valence-corrected chi connectivity index (χ0v) is 20.2. The molecule has 1 fully saturated rings. The number of amidine groups is 1. The number of benzene rings is 1. The number of carbonyl (C=O) groups is 1. The number of carbonyl (C=O) groups excluding carboxylic acids is 1. The zero-order chi connectivity index (χ0) is 24.1. The number of aromatic nitrogens is 2. The summed E-state index contributed by atoms with van der Waals surface area (Å²) in [5, 5.41) is 3.13. The maximum absolute atomic E-state index is 14.6. The Bertz CT molecular complexity index is 1010. The summed E-state index contributed by atoms with van der Waals surface area (Å²) < 4.78 is 25.0. The van der Waals surface area contributed by atoms with Crippen molar-refractivity contribution >= 4 is 28.5 Å². The van der Waals surface area contributed by atoms with Gasteiger partial charge in [0.25, 0.3) is 5.91 Å². The fraction of sp³-hybridized carbons (Fsp3) is 0.478. The summed E-state index contributed by atoms with van der Waals surface area (Å²) in [5.41, 5.74) is 7.11. The van der Waals surface area contributed by atoms with Gasteiger partial charge < -0.3 is 20.5 Å². The van der Waals surface area contributed by atoms with E-state index in [0.29, 0.717) is 41.9 Å². The van der Waals surface area contributed by atoms with Gasteiger partial charge in [0.05, 0.1) is 25.6 Å². The molecule has 3 N–H and O–H groups in total. The fourth-order valence-electron chi connectivity index (χ4n) is 3.22. The summed E-state index contributed by atoms with van der Waals surface area (Å²) in [7, 11) is 3.18. The van der Waals surface area contributed by atoms with Gasteiger partial charge in [0.2, 0.25) is 5.88 Å². The molecule has 0 saturated heterocycles. The quantitative estimate of drug-likeness (QED) is 0.398. The molecule has 1 atom stereocenters. The van der Waals surface area contributed by atoms with Crippen molar-refractivity contribution in [1.82, 2.24) is 9.97 Å². The van der Waals surface area contributed by atoms with E-state index >= 15 is 0 Å². The van der Waals surface area contributed by atoms with E-state index in [0.717, 1.165) is 12.8 Å². The van der Waals surface area contributed by atoms with Gasteiger partial charge in [-0.25, -0.2) is 14.4 Å². The van der Waals surface area contributed by atoms with Crippen LogP contribution in [0, 0.1) is 11.2 Å². The highest BCUT2D eigenvalue weighted by Crippen LogP contribution is 2.44. The SMILES string of the molecule is CN=C(N)S[C@@](C)(COC)Cc1cc(NC(=O)c2cnc(OCC3(C)CC3)cn2)ccc1F. The van der Waals surface area contributed by atoms with Crippen LogP contribution in [-0.2, 0) is 11.2 Å². The minimum absolute atomic E-state index is 0.137. The molecule has 3 rings (SSSR count). The minimum Gasteiger partial charge on any atom is -0.476 e. The van der Waals surface area contributed by atoms with Crippen molar-refractivity contribution < 1.29 is 18.7 Å². The maximum atomic E-state index is 14.6. The van der Waals surface area contributed by atoms with Gasteiger partial charge in [0.15, 0.2) is 5.17 Å². The molecule has 0 spiro atoms. The molecule has 33 heavy (non-hydrogen) atoms. The first-order valence-corrected chi connectivity index (χ1v) is 11.4. The second kappa shape index (κ2) is 10.5. The first kappa shape index (κ1) is 24.9. The van der Waals surface area contributed by atoms with Crippen LogP contribution < -0.4 is 15.8 Å². The third kappa shape index (κ3) is 7.13. The van der Waals surface area contributed by atoms with Gasteiger partial charge in [-0.05, 0) is 49.9 Å². The van der Waals surface area contributed by atoms with Gasteiger partial charge in [-0.3, -0.25) is 9.79 Å². The lowest BCUT2D eigenvalue weighted by molar-refractivity contribution is 0.102. The third-order valence-electron chi connectivity index (χ3n) is 5.42. The first-order valence-electron chi connectivity index (χ1n) is 10.6. The monoisotopic (exact) mass is 475 g/mol. The summed E-state index contributed by atoms with van der Waals surface area (Å²) >= 11 is 1.32. The Labute approximate surface area is 197 Å². The van der Waals surface area contributed by atoms with Crippen LogP contribution in [0.4, 0.5) is 10.1 Å². The second-order valence-corrected chi connectivity index (χ2v) is 10.4. The van der Waals surface area contributed by atoms with Crippen LogP contribution in [0.15, 0.2) is 35.6 Å². The van der Waals surface area contributed by atoms with Gasteiger partial charge in [0.1, 0.15) is 11.5 Å². The topological polar surface area (TPSA) is 112 Å². The lowest BCUT2D eigenvalue weighted by Gasteiger charge is -2.28. The third-order valence-corrected chi connectivity index (χ3v) is 6.57. The van der Waals surface area contributed by atoms with E-state index in [2.05, 4.69) is 27.2 Å². The number of nitrogens with zero attached hydrogens (tertiary/aromatic N) is 3. The number of hydrogen-bond donors (Lipinski definition) is 2. The van der Waals surface area contributed by atoms with Crippen molar-refractivity contribution in [2.24, 2.45) is 16.1 Å². The second-order valence-electron chi connectivity index (χ2n) is 8.82. The Balaban J connectivity index is 1.67. The van der Waals surface area contributed by atoms with E-state index in [-0.39, 0.29) is 16.9 Å². The number of amides is 1. The van der Waals surface area contributed by atoms with E-state index in [9.17, 15) is 9.18 Å². The molecule has 0 bridgehead atoms. The Morgan fingerprint density at radius 1 is 1.36 bits per heavy atom. The number of rotatable bonds is 10. The van der Waals surface area contributed by atoms with Crippen LogP contribution in [-0.4, -0.2) is 53.2 Å². The lowest BCUT2D eigenvalue weighted by Crippen LogP contribution is -2.33. The number of halogens is 1. The highest BCUT2D eigenvalue weighted by atomic mass is 32.2. The highest BCUT2D eigenvalue weighted by molar-refractivity contribution is 8.15. The lowest BCUT2D eigenvalue weighted by atomic mass is 10.00. The number of nitrogens with two attached hydrogens (primary N) is 1. The average molecular weight is 476 g/mol. The minimum atomic E-state index is -0.541.